The van der Waals surface area contributed by atoms with E-state index in [0.717, 1.165) is 0 Å². The van der Waals surface area contributed by atoms with Gasteiger partial charge >= 0.3 is 12.1 Å². The fourth-order valence-electron chi connectivity index (χ4n) is 3.02. The zero-order valence-electron chi connectivity index (χ0n) is 16.5. The molecule has 0 aromatic heterocycles. The number of ether oxygens (including phenoxy) is 2. The van der Waals surface area contributed by atoms with Gasteiger partial charge in [0.25, 0.3) is 0 Å². The average molecular weight is 448 g/mol. The number of benzene rings is 2. The summed E-state index contributed by atoms with van der Waals surface area (Å²) in [6.45, 7) is 3.15. The van der Waals surface area contributed by atoms with Gasteiger partial charge in [-0.3, -0.25) is 0 Å². The van der Waals surface area contributed by atoms with Crippen molar-refractivity contribution in [2.45, 2.75) is 26.1 Å². The molecule has 0 saturated carbocycles. The Hall–Kier alpha value is -3.24. The van der Waals surface area contributed by atoms with Crippen LogP contribution in [0, 0.1) is 16.7 Å². The minimum absolute atomic E-state index is 0.0480. The molecule has 0 amide bonds. The lowest BCUT2D eigenvalue weighted by Gasteiger charge is -2.13. The number of esters is 1. The van der Waals surface area contributed by atoms with E-state index in [-0.39, 0.29) is 11.1 Å². The van der Waals surface area contributed by atoms with Crippen molar-refractivity contribution in [3.05, 3.63) is 82.4 Å². The normalized spacial score (nSPS) is 16.4. The Morgan fingerprint density at radius 2 is 1.77 bits per heavy atom. The van der Waals surface area contributed by atoms with Gasteiger partial charge in [0.1, 0.15) is 22.6 Å². The molecule has 0 radical (unpaired) electrons. The summed E-state index contributed by atoms with van der Waals surface area (Å²) in [5.41, 5.74) is -0.390. The van der Waals surface area contributed by atoms with Crippen molar-refractivity contribution in [1.82, 2.24) is 0 Å². The van der Waals surface area contributed by atoms with Crippen LogP contribution in [0.3, 0.4) is 0 Å². The Morgan fingerprint density at radius 3 is 2.39 bits per heavy atom. The zero-order valence-corrected chi connectivity index (χ0v) is 17.3. The van der Waals surface area contributed by atoms with Gasteiger partial charge in [0.05, 0.1) is 5.57 Å². The lowest BCUT2D eigenvalue weighted by atomic mass is 10.0. The first-order valence-corrected chi connectivity index (χ1v) is 9.55. The van der Waals surface area contributed by atoms with E-state index in [1.54, 1.807) is 62.4 Å². The van der Waals surface area contributed by atoms with E-state index in [4.69, 9.17) is 21.1 Å². The molecule has 31 heavy (non-hydrogen) atoms. The molecule has 4 nitrogen and oxygen atoms in total. The summed E-state index contributed by atoms with van der Waals surface area (Å²) in [5.74, 6) is 0.156. The molecule has 1 aliphatic carbocycles. The molecule has 2 aromatic carbocycles. The topological polar surface area (TPSA) is 59.3 Å². The van der Waals surface area contributed by atoms with Crippen molar-refractivity contribution < 1.29 is 27.4 Å². The number of allylic oxidation sites excluding steroid dienone is 3. The number of hydrogen-bond acceptors (Lipinski definition) is 4. The predicted molar refractivity (Wildman–Crippen MR) is 108 cm³/mol. The first-order valence-electron chi connectivity index (χ1n) is 9.17. The van der Waals surface area contributed by atoms with Crippen LogP contribution in [0.2, 0.25) is 0 Å². The Kier molecular flexibility index (Phi) is 6.14. The molecule has 0 N–H and O–H groups in total. The molecule has 2 aromatic rings. The maximum Gasteiger partial charge on any atom is 0.426 e. The highest BCUT2D eigenvalue weighted by Crippen LogP contribution is 2.54. The molecule has 160 valence electrons. The highest BCUT2D eigenvalue weighted by molar-refractivity contribution is 6.30. The number of hydrogen-bond donors (Lipinski definition) is 0. The number of nitrogens with zero attached hydrogens (tertiary/aromatic N) is 1. The maximum absolute atomic E-state index is 12.7. The largest absolute Gasteiger partial charge is 0.457 e. The van der Waals surface area contributed by atoms with Crippen LogP contribution < -0.4 is 4.74 Å². The molecule has 0 spiro atoms. The third kappa shape index (κ3) is 5.09. The number of carbonyl (C=O) groups is 1. The molecule has 1 unspecified atom stereocenters. The molecule has 0 fully saturated rings. The minimum atomic E-state index is -4.71. The standard InChI is InChI=1S/C23H17ClF3NO3/c1-22(2)17(12-19(24)23(25,26)27)20(22)21(29)31-18(13-28)14-7-6-10-16(11-14)30-15-8-4-3-5-9-15/h3-12,18H,1-2H3/b19-12-. The Morgan fingerprint density at radius 1 is 1.13 bits per heavy atom. The first kappa shape index (κ1) is 22.4. The number of para-hydroxylation sites is 1. The van der Waals surface area contributed by atoms with Crippen LogP contribution in [0.25, 0.3) is 0 Å². The van der Waals surface area contributed by atoms with Gasteiger partial charge in [-0.15, -0.1) is 0 Å². The second kappa shape index (κ2) is 8.48. The van der Waals surface area contributed by atoms with Gasteiger partial charge in [-0.2, -0.15) is 18.4 Å². The van der Waals surface area contributed by atoms with Crippen molar-refractivity contribution in [2.24, 2.45) is 5.41 Å². The molecule has 8 heteroatoms. The lowest BCUT2D eigenvalue weighted by Crippen LogP contribution is -2.12. The zero-order chi connectivity index (χ0) is 22.8. The summed E-state index contributed by atoms with van der Waals surface area (Å²) >= 11 is 5.29. The smallest absolute Gasteiger partial charge is 0.426 e. The summed E-state index contributed by atoms with van der Waals surface area (Å²) in [5, 5.41) is 8.16. The van der Waals surface area contributed by atoms with Crippen molar-refractivity contribution in [3.8, 4) is 17.6 Å². The van der Waals surface area contributed by atoms with Crippen LogP contribution >= 0.6 is 11.6 Å². The highest BCUT2D eigenvalue weighted by atomic mass is 35.5. The number of rotatable bonds is 6. The van der Waals surface area contributed by atoms with Gasteiger partial charge in [-0.1, -0.05) is 55.8 Å². The van der Waals surface area contributed by atoms with Crippen molar-refractivity contribution in [2.75, 3.05) is 0 Å². The summed E-state index contributed by atoms with van der Waals surface area (Å²) in [6.07, 6.45) is -5.26. The van der Waals surface area contributed by atoms with E-state index < -0.39 is 28.7 Å². The number of halogens is 4. The van der Waals surface area contributed by atoms with Crippen LogP contribution in [-0.2, 0) is 9.53 Å². The van der Waals surface area contributed by atoms with Gasteiger partial charge in [-0.05, 0) is 35.9 Å². The maximum atomic E-state index is 12.7. The SMILES string of the molecule is CC1(C)C(/C=C(\Cl)C(F)(F)F)=C1C(=O)OC(C#N)c1cccc(Oc2ccccc2)c1. The van der Waals surface area contributed by atoms with E-state index in [2.05, 4.69) is 0 Å². The summed E-state index contributed by atoms with van der Waals surface area (Å²) in [7, 11) is 0. The third-order valence-corrected chi connectivity index (χ3v) is 5.06. The van der Waals surface area contributed by atoms with Crippen LogP contribution in [0.1, 0.15) is 25.5 Å². The van der Waals surface area contributed by atoms with Gasteiger partial charge in [0.15, 0.2) is 0 Å². The quantitative estimate of drug-likeness (QED) is 0.467. The van der Waals surface area contributed by atoms with E-state index in [1.165, 1.54) is 0 Å². The molecule has 0 aliphatic heterocycles. The van der Waals surface area contributed by atoms with Gasteiger partial charge in [0.2, 0.25) is 6.10 Å². The van der Waals surface area contributed by atoms with Gasteiger partial charge in [-0.25, -0.2) is 4.79 Å². The van der Waals surface area contributed by atoms with Crippen LogP contribution in [-0.4, -0.2) is 12.1 Å². The second-order valence-electron chi connectivity index (χ2n) is 7.31. The van der Waals surface area contributed by atoms with E-state index >= 15 is 0 Å². The van der Waals surface area contributed by atoms with E-state index in [0.29, 0.717) is 23.1 Å². The fraction of sp³-hybridized carbons (Fsp3) is 0.217. The summed E-state index contributed by atoms with van der Waals surface area (Å²) < 4.78 is 49.1. The number of carbonyl (C=O) groups excluding carboxylic acids is 1. The first-order chi connectivity index (χ1) is 14.5. The van der Waals surface area contributed by atoms with Crippen molar-refractivity contribution in [3.63, 3.8) is 0 Å². The van der Waals surface area contributed by atoms with Crippen LogP contribution in [0.5, 0.6) is 11.5 Å². The number of nitriles is 1. The number of alkyl halides is 3. The highest BCUT2D eigenvalue weighted by Gasteiger charge is 2.50. The lowest BCUT2D eigenvalue weighted by molar-refractivity contribution is -0.142. The van der Waals surface area contributed by atoms with Crippen LogP contribution in [0.15, 0.2) is 76.9 Å². The summed E-state index contributed by atoms with van der Waals surface area (Å²) in [4.78, 5) is 12.6. The Labute approximate surface area is 182 Å². The minimum Gasteiger partial charge on any atom is -0.457 e. The Bertz CT molecular complexity index is 1100. The fourth-order valence-corrected chi connectivity index (χ4v) is 3.13. The van der Waals surface area contributed by atoms with E-state index in [9.17, 15) is 23.2 Å². The molecular formula is C23H17ClF3NO3. The molecule has 0 saturated heterocycles. The molecule has 0 bridgehead atoms. The second-order valence-corrected chi connectivity index (χ2v) is 7.71. The Balaban J connectivity index is 1.78. The molecule has 1 atom stereocenters. The summed E-state index contributed by atoms with van der Waals surface area (Å²) in [6, 6.07) is 17.3. The van der Waals surface area contributed by atoms with Gasteiger partial charge in [0, 0.05) is 11.0 Å². The third-order valence-electron chi connectivity index (χ3n) is 4.73. The predicted octanol–water partition coefficient (Wildman–Crippen LogP) is 6.61. The van der Waals surface area contributed by atoms with Crippen LogP contribution in [0.4, 0.5) is 13.2 Å². The van der Waals surface area contributed by atoms with Crippen molar-refractivity contribution in [1.29, 1.82) is 5.26 Å². The molecule has 3 rings (SSSR count). The van der Waals surface area contributed by atoms with E-state index in [1.807, 2.05) is 12.1 Å². The molecule has 1 aliphatic rings. The monoisotopic (exact) mass is 447 g/mol. The molecule has 0 heterocycles. The van der Waals surface area contributed by atoms with Gasteiger partial charge < -0.3 is 9.47 Å². The van der Waals surface area contributed by atoms with Crippen molar-refractivity contribution >= 4 is 17.6 Å². The average Bonchev–Trinajstić information content (AvgIpc) is 3.26. The molecular weight excluding hydrogens is 431 g/mol.